The first-order valence-corrected chi connectivity index (χ1v) is 4.30. The lowest BCUT2D eigenvalue weighted by molar-refractivity contribution is 0.415. The number of hydrogen-bond acceptors (Lipinski definition) is 2. The van der Waals surface area contributed by atoms with E-state index in [1.807, 2.05) is 6.07 Å². The molecule has 0 unspecified atom stereocenters. The van der Waals surface area contributed by atoms with Gasteiger partial charge in [0.05, 0.1) is 12.8 Å². The first-order valence-electron chi connectivity index (χ1n) is 3.92. The smallest absolute Gasteiger partial charge is 0.139 e. The van der Waals surface area contributed by atoms with Gasteiger partial charge in [-0.1, -0.05) is 17.7 Å². The number of methoxy groups -OCH3 is 1. The van der Waals surface area contributed by atoms with Gasteiger partial charge in [0, 0.05) is 6.54 Å². The predicted octanol–water partition coefficient (Wildman–Crippen LogP) is 2.32. The van der Waals surface area contributed by atoms with Gasteiger partial charge in [0.15, 0.2) is 0 Å². The maximum absolute atomic E-state index is 6.07. The van der Waals surface area contributed by atoms with Crippen LogP contribution in [0.1, 0.15) is 5.56 Å². The molecule has 1 heterocycles. The van der Waals surface area contributed by atoms with Gasteiger partial charge in [-0.25, -0.2) is 0 Å². The zero-order valence-corrected chi connectivity index (χ0v) is 7.61. The lowest BCUT2D eigenvalue weighted by Crippen LogP contribution is -1.92. The van der Waals surface area contributed by atoms with E-state index in [2.05, 4.69) is 11.4 Å². The summed E-state index contributed by atoms with van der Waals surface area (Å²) >= 11 is 6.07. The van der Waals surface area contributed by atoms with Gasteiger partial charge in [0.1, 0.15) is 10.8 Å². The molecule has 0 atom stereocenters. The van der Waals surface area contributed by atoms with Gasteiger partial charge in [-0.2, -0.15) is 0 Å². The number of fused-ring (bicyclic) bond motifs is 1. The molecule has 1 aliphatic heterocycles. The van der Waals surface area contributed by atoms with Gasteiger partial charge in [-0.05, 0) is 18.1 Å². The summed E-state index contributed by atoms with van der Waals surface area (Å²) in [5.74, 6) is 0.741. The molecule has 0 aliphatic carbocycles. The van der Waals surface area contributed by atoms with Gasteiger partial charge < -0.3 is 10.1 Å². The summed E-state index contributed by atoms with van der Waals surface area (Å²) in [5.41, 5.74) is 2.32. The Labute approximate surface area is 76.5 Å². The average Bonchev–Trinajstić information content (AvgIpc) is 2.53. The zero-order chi connectivity index (χ0) is 8.55. The number of halogens is 1. The molecule has 2 rings (SSSR count). The van der Waals surface area contributed by atoms with Crippen LogP contribution in [0.15, 0.2) is 12.1 Å². The Morgan fingerprint density at radius 1 is 1.50 bits per heavy atom. The van der Waals surface area contributed by atoms with Gasteiger partial charge in [0.25, 0.3) is 0 Å². The lowest BCUT2D eigenvalue weighted by Gasteiger charge is -2.07. The Morgan fingerprint density at radius 2 is 2.33 bits per heavy atom. The fourth-order valence-corrected chi connectivity index (χ4v) is 1.80. The van der Waals surface area contributed by atoms with Crippen molar-refractivity contribution in [2.24, 2.45) is 0 Å². The van der Waals surface area contributed by atoms with E-state index in [-0.39, 0.29) is 0 Å². The van der Waals surface area contributed by atoms with Crippen molar-refractivity contribution in [2.45, 2.75) is 6.42 Å². The summed E-state index contributed by atoms with van der Waals surface area (Å²) in [6, 6.07) is 3.97. The van der Waals surface area contributed by atoms with E-state index >= 15 is 0 Å². The molecule has 0 spiro atoms. The minimum absolute atomic E-state index is 0.701. The number of rotatable bonds is 1. The molecular formula is C9H10ClNO. The summed E-state index contributed by atoms with van der Waals surface area (Å²) in [6.07, 6.45) is 1.05. The van der Waals surface area contributed by atoms with Crippen molar-refractivity contribution in [3.05, 3.63) is 22.7 Å². The molecule has 0 aromatic heterocycles. The van der Waals surface area contributed by atoms with Crippen LogP contribution in [0.4, 0.5) is 5.69 Å². The Kier molecular flexibility index (Phi) is 1.85. The van der Waals surface area contributed by atoms with E-state index in [9.17, 15) is 0 Å². The molecule has 64 valence electrons. The second kappa shape index (κ2) is 2.87. The highest BCUT2D eigenvalue weighted by Crippen LogP contribution is 2.37. The highest BCUT2D eigenvalue weighted by Gasteiger charge is 2.15. The molecule has 0 radical (unpaired) electrons. The zero-order valence-electron chi connectivity index (χ0n) is 6.86. The molecule has 2 nitrogen and oxygen atoms in total. The molecule has 0 bridgehead atoms. The summed E-state index contributed by atoms with van der Waals surface area (Å²) < 4.78 is 5.10. The van der Waals surface area contributed by atoms with Crippen LogP contribution in [0, 0.1) is 0 Å². The minimum Gasteiger partial charge on any atom is -0.495 e. The van der Waals surface area contributed by atoms with E-state index in [1.165, 1.54) is 5.56 Å². The maximum Gasteiger partial charge on any atom is 0.139 e. The van der Waals surface area contributed by atoms with Crippen molar-refractivity contribution in [2.75, 3.05) is 19.0 Å². The summed E-state index contributed by atoms with van der Waals surface area (Å²) in [4.78, 5) is 0. The quantitative estimate of drug-likeness (QED) is 0.722. The Bertz CT molecular complexity index is 312. The van der Waals surface area contributed by atoms with Crippen LogP contribution in [-0.2, 0) is 6.42 Å². The summed E-state index contributed by atoms with van der Waals surface area (Å²) in [7, 11) is 1.63. The third-order valence-corrected chi connectivity index (χ3v) is 2.48. The molecule has 0 amide bonds. The first kappa shape index (κ1) is 7.74. The third kappa shape index (κ3) is 1.03. The predicted molar refractivity (Wildman–Crippen MR) is 50.2 cm³/mol. The maximum atomic E-state index is 6.07. The Balaban J connectivity index is 2.54. The minimum atomic E-state index is 0.701. The summed E-state index contributed by atoms with van der Waals surface area (Å²) in [6.45, 7) is 0.974. The van der Waals surface area contributed by atoms with Crippen molar-refractivity contribution in [3.8, 4) is 5.75 Å². The van der Waals surface area contributed by atoms with Crippen LogP contribution in [0.3, 0.4) is 0 Å². The molecule has 1 N–H and O–H groups in total. The van der Waals surface area contributed by atoms with Crippen LogP contribution in [-0.4, -0.2) is 13.7 Å². The number of anilines is 1. The van der Waals surface area contributed by atoms with Crippen LogP contribution in [0.25, 0.3) is 0 Å². The molecule has 1 aliphatic rings. The van der Waals surface area contributed by atoms with Crippen LogP contribution >= 0.6 is 11.6 Å². The van der Waals surface area contributed by atoms with Gasteiger partial charge in [0.2, 0.25) is 0 Å². The normalized spacial score (nSPS) is 13.8. The molecule has 3 heteroatoms. The molecule has 0 saturated heterocycles. The van der Waals surface area contributed by atoms with Crippen LogP contribution in [0.5, 0.6) is 5.75 Å². The SMILES string of the molecule is COc1ccc2c(c1Cl)NCC2. The largest absolute Gasteiger partial charge is 0.495 e. The van der Waals surface area contributed by atoms with Gasteiger partial charge >= 0.3 is 0 Å². The van der Waals surface area contributed by atoms with Gasteiger partial charge in [-0.15, -0.1) is 0 Å². The molecule has 12 heavy (non-hydrogen) atoms. The number of nitrogens with one attached hydrogen (secondary N) is 1. The molecule has 0 saturated carbocycles. The molecule has 1 aromatic rings. The molecular weight excluding hydrogens is 174 g/mol. The van der Waals surface area contributed by atoms with Crippen molar-refractivity contribution < 1.29 is 4.74 Å². The monoisotopic (exact) mass is 183 g/mol. The highest BCUT2D eigenvalue weighted by molar-refractivity contribution is 6.35. The second-order valence-corrected chi connectivity index (χ2v) is 3.17. The van der Waals surface area contributed by atoms with Crippen molar-refractivity contribution in [3.63, 3.8) is 0 Å². The number of hydrogen-bond donors (Lipinski definition) is 1. The Hall–Kier alpha value is -0.890. The van der Waals surface area contributed by atoms with E-state index in [1.54, 1.807) is 7.11 Å². The van der Waals surface area contributed by atoms with E-state index < -0.39 is 0 Å². The number of ether oxygens (including phenoxy) is 1. The topological polar surface area (TPSA) is 21.3 Å². The van der Waals surface area contributed by atoms with E-state index in [4.69, 9.17) is 16.3 Å². The van der Waals surface area contributed by atoms with Crippen molar-refractivity contribution in [1.82, 2.24) is 0 Å². The van der Waals surface area contributed by atoms with Crippen LogP contribution in [0.2, 0.25) is 5.02 Å². The highest BCUT2D eigenvalue weighted by atomic mass is 35.5. The Morgan fingerprint density at radius 3 is 3.08 bits per heavy atom. The standard InChI is InChI=1S/C9H10ClNO/c1-12-7-3-2-6-4-5-11-9(6)8(7)10/h2-3,11H,4-5H2,1H3. The first-order chi connectivity index (χ1) is 5.83. The molecule has 1 aromatic carbocycles. The molecule has 0 fully saturated rings. The fourth-order valence-electron chi connectivity index (χ4n) is 1.48. The third-order valence-electron chi connectivity index (χ3n) is 2.11. The van der Waals surface area contributed by atoms with Crippen molar-refractivity contribution in [1.29, 1.82) is 0 Å². The van der Waals surface area contributed by atoms with E-state index in [0.29, 0.717) is 5.02 Å². The fraction of sp³-hybridized carbons (Fsp3) is 0.333. The van der Waals surface area contributed by atoms with Crippen molar-refractivity contribution >= 4 is 17.3 Å². The van der Waals surface area contributed by atoms with E-state index in [0.717, 1.165) is 24.4 Å². The number of benzene rings is 1. The van der Waals surface area contributed by atoms with Gasteiger partial charge in [-0.3, -0.25) is 0 Å². The summed E-state index contributed by atoms with van der Waals surface area (Å²) in [5, 5.41) is 3.93. The average molecular weight is 184 g/mol. The second-order valence-electron chi connectivity index (χ2n) is 2.79. The lowest BCUT2D eigenvalue weighted by atomic mass is 10.1. The van der Waals surface area contributed by atoms with Crippen LogP contribution < -0.4 is 10.1 Å².